The van der Waals surface area contributed by atoms with Crippen LogP contribution in [-0.2, 0) is 11.8 Å². The van der Waals surface area contributed by atoms with Gasteiger partial charge in [-0.1, -0.05) is 60.3 Å². The van der Waals surface area contributed by atoms with E-state index in [9.17, 15) is 9.59 Å². The molecule has 0 saturated carbocycles. The van der Waals surface area contributed by atoms with Crippen molar-refractivity contribution in [2.45, 2.75) is 24.3 Å². The first-order valence-corrected chi connectivity index (χ1v) is 12.2. The van der Waals surface area contributed by atoms with Crippen molar-refractivity contribution in [2.24, 2.45) is 7.05 Å². The van der Waals surface area contributed by atoms with E-state index >= 15 is 0 Å². The summed E-state index contributed by atoms with van der Waals surface area (Å²) in [7, 11) is 1.81. The molecule has 1 atom stereocenters. The Labute approximate surface area is 207 Å². The second-order valence-electron chi connectivity index (χ2n) is 8.24. The molecule has 5 aromatic rings. The molecule has 0 spiro atoms. The van der Waals surface area contributed by atoms with E-state index in [0.29, 0.717) is 10.9 Å². The Morgan fingerprint density at radius 2 is 1.51 bits per heavy atom. The van der Waals surface area contributed by atoms with E-state index in [1.165, 1.54) is 11.8 Å². The standard InChI is InChI=1S/C27H25N5O2S/c1-18-24(26(34)32(30(18)3)21-14-8-5-9-15-21)29-25(33)19(2)35-27-28-22-16-10-11-17-23(22)31(27)20-12-6-4-7-13-20/h4-17,19H,1-3H3,(H,29,33). The minimum atomic E-state index is -0.488. The van der Waals surface area contributed by atoms with Crippen molar-refractivity contribution in [3.63, 3.8) is 0 Å². The fourth-order valence-corrected chi connectivity index (χ4v) is 5.00. The zero-order chi connectivity index (χ0) is 24.5. The first-order chi connectivity index (χ1) is 17.0. The average Bonchev–Trinajstić information content (AvgIpc) is 3.34. The monoisotopic (exact) mass is 483 g/mol. The molecule has 35 heavy (non-hydrogen) atoms. The summed E-state index contributed by atoms with van der Waals surface area (Å²) in [6, 6.07) is 27.2. The maximum atomic E-state index is 13.2. The summed E-state index contributed by atoms with van der Waals surface area (Å²) >= 11 is 1.36. The number of aromatic nitrogens is 4. The number of nitrogens with zero attached hydrogens (tertiary/aromatic N) is 4. The van der Waals surface area contributed by atoms with Crippen molar-refractivity contribution < 1.29 is 4.79 Å². The molecule has 0 radical (unpaired) electrons. The third-order valence-electron chi connectivity index (χ3n) is 6.00. The van der Waals surface area contributed by atoms with Crippen LogP contribution in [0.3, 0.4) is 0 Å². The van der Waals surface area contributed by atoms with E-state index in [-0.39, 0.29) is 17.2 Å². The molecular formula is C27H25N5O2S. The van der Waals surface area contributed by atoms with Crippen LogP contribution in [0.4, 0.5) is 5.69 Å². The highest BCUT2D eigenvalue weighted by atomic mass is 32.2. The lowest BCUT2D eigenvalue weighted by atomic mass is 10.3. The molecule has 1 amide bonds. The second-order valence-corrected chi connectivity index (χ2v) is 9.55. The van der Waals surface area contributed by atoms with Gasteiger partial charge in [0.15, 0.2) is 5.16 Å². The van der Waals surface area contributed by atoms with Crippen LogP contribution >= 0.6 is 11.8 Å². The number of rotatable bonds is 6. The largest absolute Gasteiger partial charge is 0.319 e. The van der Waals surface area contributed by atoms with Gasteiger partial charge in [0.05, 0.1) is 27.7 Å². The molecule has 1 N–H and O–H groups in total. The van der Waals surface area contributed by atoms with Crippen molar-refractivity contribution in [2.75, 3.05) is 5.32 Å². The number of hydrogen-bond donors (Lipinski definition) is 1. The first-order valence-electron chi connectivity index (χ1n) is 11.3. The van der Waals surface area contributed by atoms with Crippen LogP contribution in [0.5, 0.6) is 0 Å². The molecule has 3 aromatic carbocycles. The van der Waals surface area contributed by atoms with Gasteiger partial charge in [-0.2, -0.15) is 0 Å². The van der Waals surface area contributed by atoms with E-state index in [0.717, 1.165) is 22.4 Å². The van der Waals surface area contributed by atoms with E-state index in [1.807, 2.05) is 98.8 Å². The summed E-state index contributed by atoms with van der Waals surface area (Å²) < 4.78 is 5.36. The zero-order valence-corrected chi connectivity index (χ0v) is 20.5. The Balaban J connectivity index is 1.44. The summed E-state index contributed by atoms with van der Waals surface area (Å²) in [5.41, 5.74) is 4.24. The van der Waals surface area contributed by atoms with Gasteiger partial charge in [-0.25, -0.2) is 9.67 Å². The van der Waals surface area contributed by atoms with Crippen LogP contribution in [-0.4, -0.2) is 30.1 Å². The molecule has 0 bridgehead atoms. The van der Waals surface area contributed by atoms with Crippen LogP contribution in [0.1, 0.15) is 12.6 Å². The zero-order valence-electron chi connectivity index (χ0n) is 19.7. The third kappa shape index (κ3) is 4.17. The van der Waals surface area contributed by atoms with Crippen molar-refractivity contribution in [3.05, 3.63) is 101 Å². The fraction of sp³-hybridized carbons (Fsp3) is 0.148. The van der Waals surface area contributed by atoms with E-state index in [4.69, 9.17) is 4.98 Å². The maximum absolute atomic E-state index is 13.2. The number of nitrogens with one attached hydrogen (secondary N) is 1. The van der Waals surface area contributed by atoms with Crippen LogP contribution < -0.4 is 10.9 Å². The second kappa shape index (κ2) is 9.31. The molecule has 8 heteroatoms. The average molecular weight is 484 g/mol. The number of anilines is 1. The number of para-hydroxylation sites is 4. The van der Waals surface area contributed by atoms with Gasteiger partial charge >= 0.3 is 0 Å². The minimum absolute atomic E-state index is 0.257. The summed E-state index contributed by atoms with van der Waals surface area (Å²) in [6.45, 7) is 3.64. The number of benzene rings is 3. The van der Waals surface area contributed by atoms with Gasteiger partial charge in [0.2, 0.25) is 5.91 Å². The molecule has 176 valence electrons. The lowest BCUT2D eigenvalue weighted by Crippen LogP contribution is -2.27. The predicted octanol–water partition coefficient (Wildman–Crippen LogP) is 4.94. The van der Waals surface area contributed by atoms with Crippen molar-refractivity contribution >= 4 is 34.4 Å². The molecule has 7 nitrogen and oxygen atoms in total. The molecule has 0 aliphatic carbocycles. The summed E-state index contributed by atoms with van der Waals surface area (Å²) in [4.78, 5) is 31.2. The van der Waals surface area contributed by atoms with Gasteiger partial charge in [0.25, 0.3) is 5.56 Å². The molecule has 1 unspecified atom stereocenters. The number of amides is 1. The third-order valence-corrected chi connectivity index (χ3v) is 7.05. The molecule has 0 saturated heterocycles. The molecule has 0 aliphatic heterocycles. The number of imidazole rings is 1. The van der Waals surface area contributed by atoms with Crippen LogP contribution in [0, 0.1) is 6.92 Å². The molecular weight excluding hydrogens is 458 g/mol. The molecule has 2 heterocycles. The number of fused-ring (bicyclic) bond motifs is 1. The minimum Gasteiger partial charge on any atom is -0.319 e. The van der Waals surface area contributed by atoms with Gasteiger partial charge < -0.3 is 5.32 Å². The normalized spacial score (nSPS) is 12.1. The Morgan fingerprint density at radius 1 is 0.914 bits per heavy atom. The lowest BCUT2D eigenvalue weighted by Gasteiger charge is -2.13. The fourth-order valence-electron chi connectivity index (χ4n) is 4.06. The first kappa shape index (κ1) is 22.7. The Hall–Kier alpha value is -4.04. The summed E-state index contributed by atoms with van der Waals surface area (Å²) in [5, 5.41) is 3.10. The molecule has 5 rings (SSSR count). The van der Waals surface area contributed by atoms with Gasteiger partial charge in [-0.15, -0.1) is 0 Å². The van der Waals surface area contributed by atoms with Crippen molar-refractivity contribution in [3.8, 4) is 11.4 Å². The smallest absolute Gasteiger partial charge is 0.295 e. The molecule has 0 aliphatic rings. The summed E-state index contributed by atoms with van der Waals surface area (Å²) in [6.07, 6.45) is 0. The van der Waals surface area contributed by atoms with E-state index < -0.39 is 5.25 Å². The quantitative estimate of drug-likeness (QED) is 0.347. The van der Waals surface area contributed by atoms with Gasteiger partial charge in [-0.05, 0) is 50.2 Å². The Kier molecular flexibility index (Phi) is 6.05. The number of carbonyl (C=O) groups is 1. The highest BCUT2D eigenvalue weighted by Crippen LogP contribution is 2.31. The van der Waals surface area contributed by atoms with Gasteiger partial charge in [0.1, 0.15) is 5.69 Å². The maximum Gasteiger partial charge on any atom is 0.295 e. The van der Waals surface area contributed by atoms with Gasteiger partial charge in [0, 0.05) is 12.7 Å². The molecule has 0 fully saturated rings. The topological polar surface area (TPSA) is 73.8 Å². The van der Waals surface area contributed by atoms with Crippen molar-refractivity contribution in [1.82, 2.24) is 18.9 Å². The summed E-state index contributed by atoms with van der Waals surface area (Å²) in [5.74, 6) is -0.257. The van der Waals surface area contributed by atoms with Crippen LogP contribution in [0.2, 0.25) is 0 Å². The number of carbonyl (C=O) groups excluding carboxylic acids is 1. The van der Waals surface area contributed by atoms with Gasteiger partial charge in [-0.3, -0.25) is 18.8 Å². The van der Waals surface area contributed by atoms with Crippen molar-refractivity contribution in [1.29, 1.82) is 0 Å². The van der Waals surface area contributed by atoms with E-state index in [1.54, 1.807) is 16.4 Å². The number of thioether (sulfide) groups is 1. The lowest BCUT2D eigenvalue weighted by molar-refractivity contribution is -0.115. The molecule has 2 aromatic heterocycles. The predicted molar refractivity (Wildman–Crippen MR) is 141 cm³/mol. The number of hydrogen-bond acceptors (Lipinski definition) is 4. The Morgan fingerprint density at radius 3 is 2.20 bits per heavy atom. The highest BCUT2D eigenvalue weighted by Gasteiger charge is 2.24. The van der Waals surface area contributed by atoms with Crippen LogP contribution in [0.15, 0.2) is 94.9 Å². The van der Waals surface area contributed by atoms with Crippen LogP contribution in [0.25, 0.3) is 22.4 Å². The Bertz CT molecular complexity index is 1570. The van der Waals surface area contributed by atoms with E-state index in [2.05, 4.69) is 9.88 Å². The highest BCUT2D eigenvalue weighted by molar-refractivity contribution is 8.00. The SMILES string of the molecule is Cc1c(NC(=O)C(C)Sc2nc3ccccc3n2-c2ccccc2)c(=O)n(-c2ccccc2)n1C.